The summed E-state index contributed by atoms with van der Waals surface area (Å²) >= 11 is 1.94. The van der Waals surface area contributed by atoms with Crippen molar-refractivity contribution in [3.63, 3.8) is 0 Å². The van der Waals surface area contributed by atoms with Gasteiger partial charge in [-0.05, 0) is 38.8 Å². The number of fused-ring (bicyclic) bond motifs is 1. The maximum absolute atomic E-state index is 5.01. The first kappa shape index (κ1) is 15.3. The number of piperazine rings is 1. The number of nitrogens with zero attached hydrogens (tertiary/aromatic N) is 3. The third kappa shape index (κ3) is 3.41. The maximum atomic E-state index is 5.01. The van der Waals surface area contributed by atoms with Gasteiger partial charge in [0.15, 0.2) is 5.13 Å². The minimum Gasteiger partial charge on any atom is -0.346 e. The molecule has 0 radical (unpaired) electrons. The second kappa shape index (κ2) is 7.07. The summed E-state index contributed by atoms with van der Waals surface area (Å²) in [6.45, 7) is 11.4. The Morgan fingerprint density at radius 2 is 2.05 bits per heavy atom. The molecule has 1 saturated heterocycles. The highest BCUT2D eigenvalue weighted by atomic mass is 32.1. The van der Waals surface area contributed by atoms with Gasteiger partial charge < -0.3 is 10.2 Å². The minimum absolute atomic E-state index is 0.491. The summed E-state index contributed by atoms with van der Waals surface area (Å²) in [4.78, 5) is 11.6. The second-order valence-electron chi connectivity index (χ2n) is 6.14. The predicted octanol–water partition coefficient (Wildman–Crippen LogP) is 2.66. The van der Waals surface area contributed by atoms with Gasteiger partial charge >= 0.3 is 0 Å². The first-order valence-corrected chi connectivity index (χ1v) is 9.33. The van der Waals surface area contributed by atoms with E-state index in [-0.39, 0.29) is 0 Å². The molecule has 1 aromatic rings. The van der Waals surface area contributed by atoms with Crippen LogP contribution in [-0.4, -0.2) is 49.2 Å². The van der Waals surface area contributed by atoms with Crippen LogP contribution in [0.5, 0.6) is 0 Å². The zero-order valence-electron chi connectivity index (χ0n) is 13.4. The van der Waals surface area contributed by atoms with Crippen molar-refractivity contribution in [3.8, 4) is 0 Å². The molecule has 2 aliphatic rings. The van der Waals surface area contributed by atoms with Gasteiger partial charge in [-0.2, -0.15) is 0 Å². The molecule has 1 fully saturated rings. The van der Waals surface area contributed by atoms with Gasteiger partial charge in [-0.1, -0.05) is 13.8 Å². The van der Waals surface area contributed by atoms with Crippen molar-refractivity contribution in [2.45, 2.75) is 45.6 Å². The third-order valence-electron chi connectivity index (χ3n) is 4.58. The van der Waals surface area contributed by atoms with E-state index in [4.69, 9.17) is 4.98 Å². The Kier molecular flexibility index (Phi) is 5.14. The summed E-state index contributed by atoms with van der Waals surface area (Å²) in [5.74, 6) is 0. The van der Waals surface area contributed by atoms with Crippen LogP contribution in [0.2, 0.25) is 0 Å². The van der Waals surface area contributed by atoms with Crippen molar-refractivity contribution in [2.75, 3.05) is 44.2 Å². The molecule has 1 atom stereocenters. The van der Waals surface area contributed by atoms with Crippen LogP contribution in [0.3, 0.4) is 0 Å². The lowest BCUT2D eigenvalue weighted by molar-refractivity contribution is 0.258. The number of aromatic nitrogens is 1. The summed E-state index contributed by atoms with van der Waals surface area (Å²) in [6.07, 6.45) is 5.03. The average Bonchev–Trinajstić information content (AvgIpc) is 2.94. The number of anilines is 1. The van der Waals surface area contributed by atoms with Crippen molar-refractivity contribution in [2.24, 2.45) is 0 Å². The highest BCUT2D eigenvalue weighted by Crippen LogP contribution is 2.36. The molecule has 1 aliphatic heterocycles. The quantitative estimate of drug-likeness (QED) is 0.906. The summed E-state index contributed by atoms with van der Waals surface area (Å²) in [5.41, 5.74) is 1.35. The Hall–Kier alpha value is -0.650. The van der Waals surface area contributed by atoms with Gasteiger partial charge in [-0.3, -0.25) is 4.90 Å². The van der Waals surface area contributed by atoms with E-state index in [1.165, 1.54) is 61.0 Å². The molecule has 0 amide bonds. The van der Waals surface area contributed by atoms with E-state index in [2.05, 4.69) is 29.0 Å². The fourth-order valence-corrected chi connectivity index (χ4v) is 4.68. The van der Waals surface area contributed by atoms with Crippen molar-refractivity contribution in [3.05, 3.63) is 10.6 Å². The monoisotopic (exact) mass is 308 g/mol. The normalized spacial score (nSPS) is 23.3. The minimum atomic E-state index is 0.491. The summed E-state index contributed by atoms with van der Waals surface area (Å²) < 4.78 is 0. The van der Waals surface area contributed by atoms with E-state index in [0.29, 0.717) is 6.04 Å². The second-order valence-corrected chi connectivity index (χ2v) is 7.20. The Morgan fingerprint density at radius 1 is 1.24 bits per heavy atom. The molecule has 1 N–H and O–H groups in total. The summed E-state index contributed by atoms with van der Waals surface area (Å²) in [7, 11) is 0. The number of thiazole rings is 1. The van der Waals surface area contributed by atoms with Crippen LogP contribution in [0.25, 0.3) is 0 Å². The van der Waals surface area contributed by atoms with E-state index in [9.17, 15) is 0 Å². The zero-order chi connectivity index (χ0) is 14.7. The molecule has 0 spiro atoms. The summed E-state index contributed by atoms with van der Waals surface area (Å²) in [5, 5.41) is 4.86. The van der Waals surface area contributed by atoms with Crippen molar-refractivity contribution >= 4 is 16.5 Å². The first-order valence-electron chi connectivity index (χ1n) is 8.52. The Bertz CT molecular complexity index is 451. The molecule has 1 aromatic heterocycles. The lowest BCUT2D eigenvalue weighted by Gasteiger charge is -2.34. The molecule has 5 heteroatoms. The number of hydrogen-bond acceptors (Lipinski definition) is 5. The predicted molar refractivity (Wildman–Crippen MR) is 90.4 cm³/mol. The zero-order valence-corrected chi connectivity index (χ0v) is 14.2. The van der Waals surface area contributed by atoms with E-state index < -0.39 is 0 Å². The molecule has 118 valence electrons. The lowest BCUT2D eigenvalue weighted by Crippen LogP contribution is -2.46. The van der Waals surface area contributed by atoms with Gasteiger partial charge in [0.05, 0.1) is 11.7 Å². The van der Waals surface area contributed by atoms with E-state index in [1.807, 2.05) is 11.3 Å². The van der Waals surface area contributed by atoms with Crippen LogP contribution in [0.1, 0.15) is 49.7 Å². The fourth-order valence-electron chi connectivity index (χ4n) is 3.46. The maximum Gasteiger partial charge on any atom is 0.185 e. The highest BCUT2D eigenvalue weighted by molar-refractivity contribution is 7.15. The van der Waals surface area contributed by atoms with Crippen LogP contribution in [-0.2, 0) is 6.42 Å². The molecule has 0 aromatic carbocycles. The molecule has 0 saturated carbocycles. The van der Waals surface area contributed by atoms with Crippen LogP contribution in [0.4, 0.5) is 5.13 Å². The number of aryl methyl sites for hydroxylation is 1. The molecular formula is C16H28N4S. The molecule has 1 unspecified atom stereocenters. The lowest BCUT2D eigenvalue weighted by atomic mass is 9.98. The summed E-state index contributed by atoms with van der Waals surface area (Å²) in [6, 6.07) is 0.491. The molecular weight excluding hydrogens is 280 g/mol. The average molecular weight is 308 g/mol. The molecule has 21 heavy (non-hydrogen) atoms. The van der Waals surface area contributed by atoms with Crippen molar-refractivity contribution in [1.29, 1.82) is 0 Å². The van der Waals surface area contributed by atoms with Gasteiger partial charge in [0, 0.05) is 31.1 Å². The van der Waals surface area contributed by atoms with Gasteiger partial charge in [-0.15, -0.1) is 11.3 Å². The molecule has 3 rings (SSSR count). The van der Waals surface area contributed by atoms with Crippen LogP contribution in [0, 0.1) is 0 Å². The van der Waals surface area contributed by atoms with Crippen molar-refractivity contribution < 1.29 is 0 Å². The molecule has 4 nitrogen and oxygen atoms in total. The molecule has 2 heterocycles. The first-order chi connectivity index (χ1) is 10.3. The van der Waals surface area contributed by atoms with Crippen molar-refractivity contribution in [1.82, 2.24) is 15.2 Å². The SMILES string of the molecule is CCCN1CCN(c2nc3c(s2)CCCC3NCC)CC1. The smallest absolute Gasteiger partial charge is 0.185 e. The Balaban J connectivity index is 1.67. The molecule has 1 aliphatic carbocycles. The number of hydrogen-bond donors (Lipinski definition) is 1. The van der Waals surface area contributed by atoms with E-state index in [0.717, 1.165) is 19.6 Å². The third-order valence-corrected chi connectivity index (χ3v) is 5.77. The van der Waals surface area contributed by atoms with Gasteiger partial charge in [0.25, 0.3) is 0 Å². The fraction of sp³-hybridized carbons (Fsp3) is 0.812. The van der Waals surface area contributed by atoms with E-state index >= 15 is 0 Å². The van der Waals surface area contributed by atoms with Gasteiger partial charge in [-0.25, -0.2) is 4.98 Å². The van der Waals surface area contributed by atoms with Gasteiger partial charge in [0.1, 0.15) is 0 Å². The standard InChI is InChI=1S/C16H28N4S/c1-3-8-19-9-11-20(12-10-19)16-18-15-13(17-4-2)6-5-7-14(15)21-16/h13,17H,3-12H2,1-2H3. The van der Waals surface area contributed by atoms with E-state index in [1.54, 1.807) is 0 Å². The Morgan fingerprint density at radius 3 is 2.76 bits per heavy atom. The highest BCUT2D eigenvalue weighted by Gasteiger charge is 2.26. The molecule has 0 bridgehead atoms. The number of rotatable bonds is 5. The van der Waals surface area contributed by atoms with Gasteiger partial charge in [0.2, 0.25) is 0 Å². The largest absolute Gasteiger partial charge is 0.346 e. The topological polar surface area (TPSA) is 31.4 Å². The van der Waals surface area contributed by atoms with Crippen LogP contribution < -0.4 is 10.2 Å². The van der Waals surface area contributed by atoms with Crippen LogP contribution in [0.15, 0.2) is 0 Å². The number of nitrogens with one attached hydrogen (secondary N) is 1. The van der Waals surface area contributed by atoms with Crippen LogP contribution >= 0.6 is 11.3 Å². The Labute approximate surface area is 132 Å².